The molecule has 0 spiro atoms. The van der Waals surface area contributed by atoms with Crippen molar-refractivity contribution in [1.29, 1.82) is 5.26 Å². The average molecular weight is 278 g/mol. The van der Waals surface area contributed by atoms with Crippen molar-refractivity contribution >= 4 is 0 Å². The van der Waals surface area contributed by atoms with Gasteiger partial charge in [-0.1, -0.05) is 13.8 Å². The smallest absolute Gasteiger partial charge is 0.122 e. The monoisotopic (exact) mass is 278 g/mol. The minimum Gasteiger partial charge on any atom is -0.301 e. The van der Waals surface area contributed by atoms with Gasteiger partial charge < -0.3 is 4.90 Å². The molecule has 4 nitrogen and oxygen atoms in total. The second-order valence-electron chi connectivity index (χ2n) is 6.40. The summed E-state index contributed by atoms with van der Waals surface area (Å²) in [5.74, 6) is 0.577. The van der Waals surface area contributed by atoms with E-state index in [1.54, 1.807) is 0 Å². The maximum Gasteiger partial charge on any atom is 0.122 e. The fraction of sp³-hybridized carbons (Fsp3) is 0.938. The SMILES string of the molecule is CCCNC(C#N)(CN1CCN(CCC)CC1)C1CC1. The van der Waals surface area contributed by atoms with Crippen molar-refractivity contribution in [2.24, 2.45) is 5.92 Å². The van der Waals surface area contributed by atoms with Crippen molar-refractivity contribution < 1.29 is 0 Å². The number of nitrogens with zero attached hydrogens (tertiary/aromatic N) is 3. The molecule has 4 heteroatoms. The first-order valence-corrected chi connectivity index (χ1v) is 8.35. The third-order valence-electron chi connectivity index (χ3n) is 4.64. The van der Waals surface area contributed by atoms with Gasteiger partial charge in [-0.3, -0.25) is 10.2 Å². The molecule has 1 N–H and O–H groups in total. The zero-order valence-corrected chi connectivity index (χ0v) is 13.2. The molecule has 20 heavy (non-hydrogen) atoms. The molecule has 0 amide bonds. The second kappa shape index (κ2) is 7.40. The van der Waals surface area contributed by atoms with Crippen LogP contribution in [0.1, 0.15) is 39.5 Å². The number of nitrogens with one attached hydrogen (secondary N) is 1. The molecule has 2 aliphatic rings. The summed E-state index contributed by atoms with van der Waals surface area (Å²) in [6.45, 7) is 12.1. The highest BCUT2D eigenvalue weighted by atomic mass is 15.3. The lowest BCUT2D eigenvalue weighted by atomic mass is 9.93. The minimum atomic E-state index is -0.289. The predicted octanol–water partition coefficient (Wildman–Crippen LogP) is 1.69. The van der Waals surface area contributed by atoms with Crippen LogP contribution in [0.2, 0.25) is 0 Å². The Balaban J connectivity index is 1.87. The third kappa shape index (κ3) is 3.94. The Kier molecular flexibility index (Phi) is 5.83. The van der Waals surface area contributed by atoms with Crippen LogP contribution in [0.25, 0.3) is 0 Å². The Bertz CT molecular complexity index is 326. The number of hydrogen-bond donors (Lipinski definition) is 1. The summed E-state index contributed by atoms with van der Waals surface area (Å²) in [5, 5.41) is 13.3. The van der Waals surface area contributed by atoms with Crippen molar-refractivity contribution in [3.8, 4) is 6.07 Å². The largest absolute Gasteiger partial charge is 0.301 e. The van der Waals surface area contributed by atoms with E-state index in [0.29, 0.717) is 5.92 Å². The summed E-state index contributed by atoms with van der Waals surface area (Å²) in [6, 6.07) is 2.63. The average Bonchev–Trinajstić information content (AvgIpc) is 3.31. The summed E-state index contributed by atoms with van der Waals surface area (Å²) < 4.78 is 0. The fourth-order valence-electron chi connectivity index (χ4n) is 3.26. The molecule has 1 aliphatic carbocycles. The van der Waals surface area contributed by atoms with Crippen LogP contribution in [0.15, 0.2) is 0 Å². The summed E-state index contributed by atoms with van der Waals surface area (Å²) in [7, 11) is 0. The summed E-state index contributed by atoms with van der Waals surface area (Å²) >= 11 is 0. The van der Waals surface area contributed by atoms with Gasteiger partial charge in [-0.2, -0.15) is 5.26 Å². The quantitative estimate of drug-likeness (QED) is 0.733. The van der Waals surface area contributed by atoms with E-state index in [2.05, 4.69) is 35.0 Å². The van der Waals surface area contributed by atoms with Crippen LogP contribution in [0, 0.1) is 17.2 Å². The van der Waals surface area contributed by atoms with Gasteiger partial charge in [-0.15, -0.1) is 0 Å². The van der Waals surface area contributed by atoms with Gasteiger partial charge in [-0.05, 0) is 44.7 Å². The molecule has 1 saturated heterocycles. The molecule has 114 valence electrons. The Hall–Kier alpha value is -0.630. The maximum atomic E-state index is 9.73. The third-order valence-corrected chi connectivity index (χ3v) is 4.64. The molecule has 2 fully saturated rings. The van der Waals surface area contributed by atoms with E-state index in [1.807, 2.05) is 0 Å². The first-order chi connectivity index (χ1) is 9.74. The molecule has 1 saturated carbocycles. The number of nitriles is 1. The van der Waals surface area contributed by atoms with Crippen molar-refractivity contribution in [2.45, 2.75) is 45.1 Å². The zero-order chi connectivity index (χ0) is 14.4. The normalized spacial score (nSPS) is 24.2. The van der Waals surface area contributed by atoms with E-state index >= 15 is 0 Å². The molecule has 0 radical (unpaired) electrons. The predicted molar refractivity (Wildman–Crippen MR) is 82.5 cm³/mol. The molecule has 0 aromatic rings. The van der Waals surface area contributed by atoms with Gasteiger partial charge in [0.15, 0.2) is 0 Å². The molecule has 1 atom stereocenters. The van der Waals surface area contributed by atoms with Crippen LogP contribution in [-0.2, 0) is 0 Å². The molecule has 0 aromatic carbocycles. The Labute approximate surface area is 124 Å². The van der Waals surface area contributed by atoms with E-state index in [0.717, 1.165) is 45.7 Å². The van der Waals surface area contributed by atoms with Crippen LogP contribution in [0.3, 0.4) is 0 Å². The molecule has 0 bridgehead atoms. The zero-order valence-electron chi connectivity index (χ0n) is 13.2. The van der Waals surface area contributed by atoms with Gasteiger partial charge in [0.25, 0.3) is 0 Å². The number of rotatable bonds is 8. The van der Waals surface area contributed by atoms with Crippen molar-refractivity contribution in [3.63, 3.8) is 0 Å². The molecular formula is C16H30N4. The lowest BCUT2D eigenvalue weighted by Crippen LogP contribution is -2.58. The Morgan fingerprint density at radius 2 is 1.75 bits per heavy atom. The van der Waals surface area contributed by atoms with Gasteiger partial charge >= 0.3 is 0 Å². The van der Waals surface area contributed by atoms with Crippen LogP contribution < -0.4 is 5.32 Å². The highest BCUT2D eigenvalue weighted by Gasteiger charge is 2.46. The molecule has 1 unspecified atom stereocenters. The topological polar surface area (TPSA) is 42.3 Å². The number of hydrogen-bond acceptors (Lipinski definition) is 4. The second-order valence-corrected chi connectivity index (χ2v) is 6.40. The highest BCUT2D eigenvalue weighted by Crippen LogP contribution is 2.40. The van der Waals surface area contributed by atoms with Crippen molar-refractivity contribution in [2.75, 3.05) is 45.8 Å². The van der Waals surface area contributed by atoms with Crippen LogP contribution in [0.4, 0.5) is 0 Å². The highest BCUT2D eigenvalue weighted by molar-refractivity contribution is 5.16. The van der Waals surface area contributed by atoms with Crippen LogP contribution >= 0.6 is 0 Å². The standard InChI is InChI=1S/C16H30N4/c1-3-7-18-16(13-17,15-5-6-15)14-20-11-9-19(8-4-2)10-12-20/h15,18H,3-12,14H2,1-2H3. The molecular weight excluding hydrogens is 248 g/mol. The van der Waals surface area contributed by atoms with Crippen LogP contribution in [-0.4, -0.2) is 61.2 Å². The molecule has 0 aromatic heterocycles. The van der Waals surface area contributed by atoms with Gasteiger partial charge in [-0.25, -0.2) is 0 Å². The van der Waals surface area contributed by atoms with Gasteiger partial charge in [0.2, 0.25) is 0 Å². The van der Waals surface area contributed by atoms with E-state index in [4.69, 9.17) is 0 Å². The van der Waals surface area contributed by atoms with Gasteiger partial charge in [0, 0.05) is 32.7 Å². The summed E-state index contributed by atoms with van der Waals surface area (Å²) in [4.78, 5) is 5.04. The summed E-state index contributed by atoms with van der Waals surface area (Å²) in [6.07, 6.45) is 4.78. The maximum absolute atomic E-state index is 9.73. The number of piperazine rings is 1. The summed E-state index contributed by atoms with van der Waals surface area (Å²) in [5.41, 5.74) is -0.289. The van der Waals surface area contributed by atoms with E-state index < -0.39 is 0 Å². The van der Waals surface area contributed by atoms with Crippen LogP contribution in [0.5, 0.6) is 0 Å². The van der Waals surface area contributed by atoms with Gasteiger partial charge in [0.05, 0.1) is 6.07 Å². The van der Waals surface area contributed by atoms with E-state index in [1.165, 1.54) is 25.8 Å². The lowest BCUT2D eigenvalue weighted by Gasteiger charge is -2.39. The Morgan fingerprint density at radius 3 is 2.25 bits per heavy atom. The lowest BCUT2D eigenvalue weighted by molar-refractivity contribution is 0.107. The Morgan fingerprint density at radius 1 is 1.10 bits per heavy atom. The molecule has 2 rings (SSSR count). The molecule has 1 heterocycles. The van der Waals surface area contributed by atoms with Crippen molar-refractivity contribution in [1.82, 2.24) is 15.1 Å². The first-order valence-electron chi connectivity index (χ1n) is 8.35. The minimum absolute atomic E-state index is 0.289. The van der Waals surface area contributed by atoms with E-state index in [-0.39, 0.29) is 5.54 Å². The first kappa shape index (κ1) is 15.8. The van der Waals surface area contributed by atoms with E-state index in [9.17, 15) is 5.26 Å². The van der Waals surface area contributed by atoms with Gasteiger partial charge in [0.1, 0.15) is 5.54 Å². The van der Waals surface area contributed by atoms with Crippen molar-refractivity contribution in [3.05, 3.63) is 0 Å². The molecule has 1 aliphatic heterocycles. The fourth-order valence-corrected chi connectivity index (χ4v) is 3.26.